The summed E-state index contributed by atoms with van der Waals surface area (Å²) < 4.78 is 66.4. The Morgan fingerprint density at radius 2 is 1.93 bits per heavy atom. The van der Waals surface area contributed by atoms with Crippen molar-refractivity contribution < 1.29 is 26.4 Å². The standard InChI is InChI=1S/C18H17F3N4O3S/c19-18(20,21)14-3-1-2-13(10-14)11-17(26)22-7-9-29(27,28)24-15-5-8-25-16(12-15)4-6-23-25/h1-6,8,10,12,24H,7,9,11H2,(H,22,26). The predicted molar refractivity (Wildman–Crippen MR) is 101 cm³/mol. The molecule has 1 amide bonds. The zero-order valence-electron chi connectivity index (χ0n) is 15.0. The molecular weight excluding hydrogens is 409 g/mol. The Balaban J connectivity index is 1.51. The number of nitrogens with zero attached hydrogens (tertiary/aromatic N) is 2. The normalized spacial score (nSPS) is 12.1. The van der Waals surface area contributed by atoms with Gasteiger partial charge >= 0.3 is 6.18 Å². The number of anilines is 1. The van der Waals surface area contributed by atoms with Crippen LogP contribution >= 0.6 is 0 Å². The van der Waals surface area contributed by atoms with Crippen molar-refractivity contribution >= 4 is 27.1 Å². The molecule has 0 radical (unpaired) electrons. The first-order chi connectivity index (χ1) is 13.6. The number of rotatable bonds is 7. The molecule has 7 nitrogen and oxygen atoms in total. The van der Waals surface area contributed by atoms with Crippen molar-refractivity contribution in [3.8, 4) is 0 Å². The number of halogens is 3. The zero-order valence-corrected chi connectivity index (χ0v) is 15.8. The van der Waals surface area contributed by atoms with Crippen LogP contribution in [0.15, 0.2) is 54.9 Å². The molecule has 154 valence electrons. The van der Waals surface area contributed by atoms with Crippen molar-refractivity contribution in [1.29, 1.82) is 0 Å². The lowest BCUT2D eigenvalue weighted by Crippen LogP contribution is -2.32. The highest BCUT2D eigenvalue weighted by molar-refractivity contribution is 7.92. The molecule has 2 heterocycles. The van der Waals surface area contributed by atoms with Gasteiger partial charge in [-0.25, -0.2) is 12.9 Å². The molecule has 11 heteroatoms. The summed E-state index contributed by atoms with van der Waals surface area (Å²) in [5.41, 5.74) is 0.407. The fourth-order valence-corrected chi connectivity index (χ4v) is 3.61. The SMILES string of the molecule is O=C(Cc1cccc(C(F)(F)F)c1)NCCS(=O)(=O)Nc1ccn2nccc2c1. The summed E-state index contributed by atoms with van der Waals surface area (Å²) >= 11 is 0. The molecule has 0 aliphatic heterocycles. The molecular formula is C18H17F3N4O3S. The third-order valence-electron chi connectivity index (χ3n) is 3.98. The minimum Gasteiger partial charge on any atom is -0.355 e. The fourth-order valence-electron chi connectivity index (χ4n) is 2.65. The highest BCUT2D eigenvalue weighted by Crippen LogP contribution is 2.29. The van der Waals surface area contributed by atoms with E-state index < -0.39 is 27.7 Å². The summed E-state index contributed by atoms with van der Waals surface area (Å²) in [6.07, 6.45) is -1.60. The zero-order chi connectivity index (χ0) is 21.1. The third kappa shape index (κ3) is 5.70. The van der Waals surface area contributed by atoms with Crippen LogP contribution in [0.3, 0.4) is 0 Å². The van der Waals surface area contributed by atoms with Gasteiger partial charge in [-0.2, -0.15) is 18.3 Å². The number of carbonyl (C=O) groups is 1. The van der Waals surface area contributed by atoms with E-state index in [2.05, 4.69) is 15.1 Å². The number of fused-ring (bicyclic) bond motifs is 1. The van der Waals surface area contributed by atoms with Crippen molar-refractivity contribution in [2.75, 3.05) is 17.0 Å². The van der Waals surface area contributed by atoms with E-state index in [0.717, 1.165) is 12.1 Å². The molecule has 1 aromatic carbocycles. The van der Waals surface area contributed by atoms with Crippen LogP contribution in [0.1, 0.15) is 11.1 Å². The van der Waals surface area contributed by atoms with Gasteiger partial charge in [0.15, 0.2) is 0 Å². The van der Waals surface area contributed by atoms with Crippen LogP contribution in [-0.2, 0) is 27.4 Å². The van der Waals surface area contributed by atoms with Crippen LogP contribution in [0, 0.1) is 0 Å². The lowest BCUT2D eigenvalue weighted by Gasteiger charge is -2.10. The van der Waals surface area contributed by atoms with E-state index in [1.165, 1.54) is 12.1 Å². The molecule has 2 N–H and O–H groups in total. The molecule has 0 bridgehead atoms. The van der Waals surface area contributed by atoms with Gasteiger partial charge in [-0.15, -0.1) is 0 Å². The molecule has 0 saturated heterocycles. The van der Waals surface area contributed by atoms with Crippen molar-refractivity contribution in [3.63, 3.8) is 0 Å². The number of hydrogen-bond donors (Lipinski definition) is 2. The van der Waals surface area contributed by atoms with Gasteiger partial charge in [0.2, 0.25) is 15.9 Å². The molecule has 3 rings (SSSR count). The topological polar surface area (TPSA) is 92.6 Å². The second-order valence-corrected chi connectivity index (χ2v) is 8.10. The van der Waals surface area contributed by atoms with E-state index in [0.29, 0.717) is 11.2 Å². The maximum absolute atomic E-state index is 12.7. The Kier molecular flexibility index (Phi) is 5.78. The Hall–Kier alpha value is -3.08. The molecule has 3 aromatic rings. The Bertz CT molecular complexity index is 1130. The highest BCUT2D eigenvalue weighted by Gasteiger charge is 2.30. The molecule has 0 aliphatic carbocycles. The molecule has 0 aliphatic rings. The minimum absolute atomic E-state index is 0.179. The van der Waals surface area contributed by atoms with E-state index in [1.807, 2.05) is 0 Å². The largest absolute Gasteiger partial charge is 0.416 e. The number of alkyl halides is 3. The average Bonchev–Trinajstić information content (AvgIpc) is 3.08. The van der Waals surface area contributed by atoms with Crippen LogP contribution < -0.4 is 10.0 Å². The van der Waals surface area contributed by atoms with E-state index in [9.17, 15) is 26.4 Å². The van der Waals surface area contributed by atoms with Gasteiger partial charge in [0.05, 0.1) is 28.9 Å². The van der Waals surface area contributed by atoms with E-state index in [4.69, 9.17) is 0 Å². The predicted octanol–water partition coefficient (Wildman–Crippen LogP) is 2.45. The number of carbonyl (C=O) groups excluding carboxylic acids is 1. The number of hydrogen-bond acceptors (Lipinski definition) is 4. The summed E-state index contributed by atoms with van der Waals surface area (Å²) in [6.45, 7) is -0.179. The average molecular weight is 426 g/mol. The first kappa shape index (κ1) is 20.6. The summed E-state index contributed by atoms with van der Waals surface area (Å²) in [6, 6.07) is 9.30. The van der Waals surface area contributed by atoms with Crippen molar-refractivity contribution in [2.45, 2.75) is 12.6 Å². The van der Waals surface area contributed by atoms with Crippen LogP contribution in [0.25, 0.3) is 5.52 Å². The second kappa shape index (κ2) is 8.11. The second-order valence-electron chi connectivity index (χ2n) is 6.26. The maximum Gasteiger partial charge on any atom is 0.416 e. The van der Waals surface area contributed by atoms with Gasteiger partial charge in [-0.3, -0.25) is 9.52 Å². The monoisotopic (exact) mass is 426 g/mol. The van der Waals surface area contributed by atoms with Gasteiger partial charge in [-0.05, 0) is 29.8 Å². The summed E-state index contributed by atoms with van der Waals surface area (Å²) in [5.74, 6) is -0.952. The van der Waals surface area contributed by atoms with Gasteiger partial charge in [0, 0.05) is 18.9 Å². The van der Waals surface area contributed by atoms with Gasteiger partial charge < -0.3 is 5.32 Å². The first-order valence-electron chi connectivity index (χ1n) is 8.49. The van der Waals surface area contributed by atoms with Gasteiger partial charge in [-0.1, -0.05) is 18.2 Å². The lowest BCUT2D eigenvalue weighted by atomic mass is 10.1. The third-order valence-corrected chi connectivity index (χ3v) is 5.27. The van der Waals surface area contributed by atoms with Crippen LogP contribution in [0.2, 0.25) is 0 Å². The lowest BCUT2D eigenvalue weighted by molar-refractivity contribution is -0.137. The van der Waals surface area contributed by atoms with Crippen LogP contribution in [0.5, 0.6) is 0 Å². The number of sulfonamides is 1. The van der Waals surface area contributed by atoms with Gasteiger partial charge in [0.25, 0.3) is 0 Å². The quantitative estimate of drug-likeness (QED) is 0.607. The van der Waals surface area contributed by atoms with Crippen molar-refractivity contribution in [3.05, 3.63) is 66.0 Å². The maximum atomic E-state index is 12.7. The van der Waals surface area contributed by atoms with Crippen molar-refractivity contribution in [2.24, 2.45) is 0 Å². The van der Waals surface area contributed by atoms with E-state index in [-0.39, 0.29) is 24.3 Å². The Morgan fingerprint density at radius 3 is 2.69 bits per heavy atom. The molecule has 2 aromatic heterocycles. The number of nitrogens with one attached hydrogen (secondary N) is 2. The van der Waals surface area contributed by atoms with Gasteiger partial charge in [0.1, 0.15) is 0 Å². The Labute approximate surface area is 164 Å². The summed E-state index contributed by atoms with van der Waals surface area (Å²) in [4.78, 5) is 11.9. The molecule has 0 unspecified atom stereocenters. The fraction of sp³-hybridized carbons (Fsp3) is 0.222. The van der Waals surface area contributed by atoms with Crippen molar-refractivity contribution in [1.82, 2.24) is 14.9 Å². The first-order valence-corrected chi connectivity index (χ1v) is 10.1. The van der Waals surface area contributed by atoms with Crippen LogP contribution in [-0.4, -0.2) is 36.2 Å². The number of amides is 1. The Morgan fingerprint density at radius 1 is 1.14 bits per heavy atom. The number of aromatic nitrogens is 2. The summed E-state index contributed by atoms with van der Waals surface area (Å²) in [7, 11) is -3.72. The van der Waals surface area contributed by atoms with E-state index in [1.54, 1.807) is 35.1 Å². The molecule has 29 heavy (non-hydrogen) atoms. The molecule has 0 atom stereocenters. The molecule has 0 saturated carbocycles. The van der Waals surface area contributed by atoms with Crippen LogP contribution in [0.4, 0.5) is 18.9 Å². The molecule has 0 spiro atoms. The summed E-state index contributed by atoms with van der Waals surface area (Å²) in [5, 5.41) is 6.41. The smallest absolute Gasteiger partial charge is 0.355 e. The molecule has 0 fully saturated rings. The van der Waals surface area contributed by atoms with E-state index >= 15 is 0 Å². The number of benzene rings is 1. The highest BCUT2D eigenvalue weighted by atomic mass is 32.2. The minimum atomic E-state index is -4.49. The number of pyridine rings is 1.